The number of hydrogen-bond acceptors (Lipinski definition) is 3. The van der Waals surface area contributed by atoms with Gasteiger partial charge in [-0.2, -0.15) is 0 Å². The largest absolute Gasteiger partial charge is 0.436 e. The quantitative estimate of drug-likeness (QED) is 0.418. The maximum atomic E-state index is 6.04. The molecule has 24 heavy (non-hydrogen) atoms. The number of rotatable bonds is 3. The fraction of sp³-hybridized carbons (Fsp3) is 0.0952. The Hall–Kier alpha value is -2.52. The van der Waals surface area contributed by atoms with Gasteiger partial charge in [0.25, 0.3) is 0 Å². The minimum absolute atomic E-state index is 0.679. The average molecular weight is 331 g/mol. The Morgan fingerprint density at radius 3 is 2.46 bits per heavy atom. The van der Waals surface area contributed by atoms with Gasteiger partial charge in [-0.25, -0.2) is 4.98 Å². The maximum absolute atomic E-state index is 6.04. The molecule has 0 fully saturated rings. The van der Waals surface area contributed by atoms with Crippen LogP contribution in [0.15, 0.2) is 76.0 Å². The fourth-order valence-electron chi connectivity index (χ4n) is 2.94. The zero-order valence-electron chi connectivity index (χ0n) is 13.6. The van der Waals surface area contributed by atoms with Crippen LogP contribution >= 0.6 is 11.8 Å². The van der Waals surface area contributed by atoms with Crippen molar-refractivity contribution in [3.63, 3.8) is 0 Å². The van der Waals surface area contributed by atoms with Crippen LogP contribution in [0.2, 0.25) is 0 Å². The summed E-state index contributed by atoms with van der Waals surface area (Å²) in [5.41, 5.74) is 6.37. The zero-order chi connectivity index (χ0) is 16.5. The highest BCUT2D eigenvalue weighted by Gasteiger charge is 2.13. The van der Waals surface area contributed by atoms with Crippen LogP contribution in [0, 0.1) is 6.92 Å². The predicted octanol–water partition coefficient (Wildman–Crippen LogP) is 6.19. The molecule has 0 spiro atoms. The number of hydrogen-bond donors (Lipinski definition) is 0. The molecule has 4 aromatic rings. The molecule has 0 unspecified atom stereocenters. The normalized spacial score (nSPS) is 11.1. The monoisotopic (exact) mass is 331 g/mol. The fourth-order valence-corrected chi connectivity index (χ4v) is 3.37. The van der Waals surface area contributed by atoms with E-state index in [9.17, 15) is 0 Å². The number of fused-ring (bicyclic) bond motifs is 1. The van der Waals surface area contributed by atoms with Crippen LogP contribution in [-0.4, -0.2) is 11.2 Å². The first-order chi connectivity index (χ1) is 11.8. The summed E-state index contributed by atoms with van der Waals surface area (Å²) in [4.78, 5) is 5.86. The molecule has 1 aromatic heterocycles. The third kappa shape index (κ3) is 2.61. The van der Waals surface area contributed by atoms with Gasteiger partial charge in [-0.1, -0.05) is 42.5 Å². The molecule has 0 radical (unpaired) electrons. The van der Waals surface area contributed by atoms with Gasteiger partial charge in [-0.15, -0.1) is 11.8 Å². The van der Waals surface area contributed by atoms with E-state index in [0.29, 0.717) is 5.89 Å². The molecule has 3 heteroatoms. The Morgan fingerprint density at radius 1 is 0.875 bits per heavy atom. The molecule has 0 atom stereocenters. The molecule has 0 aliphatic heterocycles. The summed E-state index contributed by atoms with van der Waals surface area (Å²) in [6.07, 6.45) is 2.06. The van der Waals surface area contributed by atoms with Gasteiger partial charge >= 0.3 is 0 Å². The highest BCUT2D eigenvalue weighted by molar-refractivity contribution is 7.98. The lowest BCUT2D eigenvalue weighted by Crippen LogP contribution is -1.88. The van der Waals surface area contributed by atoms with Gasteiger partial charge < -0.3 is 4.42 Å². The molecule has 1 heterocycles. The number of thioether (sulfide) groups is 1. The molecule has 0 amide bonds. The SMILES string of the molecule is CSc1ccc2nc(-c3cccc(-c4ccccc4)c3C)oc2c1. The van der Waals surface area contributed by atoms with E-state index in [4.69, 9.17) is 4.42 Å². The van der Waals surface area contributed by atoms with Gasteiger partial charge in [0.2, 0.25) is 5.89 Å². The van der Waals surface area contributed by atoms with E-state index < -0.39 is 0 Å². The van der Waals surface area contributed by atoms with Crippen LogP contribution in [0.5, 0.6) is 0 Å². The van der Waals surface area contributed by atoms with Gasteiger partial charge in [-0.05, 0) is 54.1 Å². The molecule has 0 saturated carbocycles. The van der Waals surface area contributed by atoms with Crippen LogP contribution in [-0.2, 0) is 0 Å². The van der Waals surface area contributed by atoms with Crippen LogP contribution in [0.25, 0.3) is 33.7 Å². The molecule has 0 saturated heterocycles. The van der Waals surface area contributed by atoms with Gasteiger partial charge in [0.1, 0.15) is 5.52 Å². The molecule has 0 bridgehead atoms. The van der Waals surface area contributed by atoms with E-state index in [-0.39, 0.29) is 0 Å². The van der Waals surface area contributed by atoms with Gasteiger partial charge in [0.15, 0.2) is 5.58 Å². The molecule has 4 rings (SSSR count). The standard InChI is InChI=1S/C21H17NOS/c1-14-17(15-7-4-3-5-8-15)9-6-10-18(14)21-22-19-12-11-16(24-2)13-20(19)23-21/h3-13H,1-2H3. The Bertz CT molecular complexity index is 1000. The van der Waals surface area contributed by atoms with Crippen molar-refractivity contribution < 1.29 is 4.42 Å². The summed E-state index contributed by atoms with van der Waals surface area (Å²) < 4.78 is 6.04. The van der Waals surface area contributed by atoms with Crippen LogP contribution < -0.4 is 0 Å². The minimum Gasteiger partial charge on any atom is -0.436 e. The third-order valence-corrected chi connectivity index (χ3v) is 4.97. The van der Waals surface area contributed by atoms with Crippen molar-refractivity contribution in [3.8, 4) is 22.6 Å². The first kappa shape index (κ1) is 15.0. The number of nitrogens with zero attached hydrogens (tertiary/aromatic N) is 1. The number of oxazole rings is 1. The molecule has 0 aliphatic carbocycles. The average Bonchev–Trinajstić information content (AvgIpc) is 3.05. The third-order valence-electron chi connectivity index (χ3n) is 4.24. The number of benzene rings is 3. The summed E-state index contributed by atoms with van der Waals surface area (Å²) in [6, 6.07) is 22.8. The van der Waals surface area contributed by atoms with Crippen molar-refractivity contribution in [3.05, 3.63) is 72.3 Å². The van der Waals surface area contributed by atoms with Crippen molar-refractivity contribution in [2.75, 3.05) is 6.26 Å². The van der Waals surface area contributed by atoms with Crippen molar-refractivity contribution in [2.45, 2.75) is 11.8 Å². The molecular weight excluding hydrogens is 314 g/mol. The van der Waals surface area contributed by atoms with Crippen LogP contribution in [0.4, 0.5) is 0 Å². The second-order valence-electron chi connectivity index (χ2n) is 5.70. The lowest BCUT2D eigenvalue weighted by molar-refractivity contribution is 0.618. The Morgan fingerprint density at radius 2 is 1.67 bits per heavy atom. The predicted molar refractivity (Wildman–Crippen MR) is 101 cm³/mol. The van der Waals surface area contributed by atoms with E-state index >= 15 is 0 Å². The van der Waals surface area contributed by atoms with Crippen LogP contribution in [0.3, 0.4) is 0 Å². The molecule has 0 aliphatic rings. The number of aromatic nitrogens is 1. The topological polar surface area (TPSA) is 26.0 Å². The summed E-state index contributed by atoms with van der Waals surface area (Å²) in [6.45, 7) is 2.12. The molecule has 0 N–H and O–H groups in total. The second kappa shape index (κ2) is 6.17. The van der Waals surface area contributed by atoms with Crippen molar-refractivity contribution in [1.82, 2.24) is 4.98 Å². The highest BCUT2D eigenvalue weighted by Crippen LogP contribution is 2.33. The van der Waals surface area contributed by atoms with Crippen molar-refractivity contribution in [2.24, 2.45) is 0 Å². The van der Waals surface area contributed by atoms with E-state index in [1.165, 1.54) is 21.6 Å². The molecule has 118 valence electrons. The van der Waals surface area contributed by atoms with Crippen molar-refractivity contribution in [1.29, 1.82) is 0 Å². The van der Waals surface area contributed by atoms with Crippen molar-refractivity contribution >= 4 is 22.9 Å². The Labute approximate surface area is 145 Å². The van der Waals surface area contributed by atoms with Gasteiger partial charge in [0, 0.05) is 10.5 Å². The maximum Gasteiger partial charge on any atom is 0.227 e. The Balaban J connectivity index is 1.85. The van der Waals surface area contributed by atoms with E-state index in [1.807, 2.05) is 18.2 Å². The molecule has 3 aromatic carbocycles. The van der Waals surface area contributed by atoms with E-state index in [0.717, 1.165) is 16.7 Å². The smallest absolute Gasteiger partial charge is 0.227 e. The van der Waals surface area contributed by atoms with Crippen LogP contribution in [0.1, 0.15) is 5.56 Å². The Kier molecular flexibility index (Phi) is 3.87. The van der Waals surface area contributed by atoms with Gasteiger partial charge in [-0.3, -0.25) is 0 Å². The summed E-state index contributed by atoms with van der Waals surface area (Å²) in [7, 11) is 0. The van der Waals surface area contributed by atoms with E-state index in [2.05, 4.69) is 66.7 Å². The van der Waals surface area contributed by atoms with E-state index in [1.54, 1.807) is 11.8 Å². The molecular formula is C21H17NOS. The van der Waals surface area contributed by atoms with Gasteiger partial charge in [0.05, 0.1) is 0 Å². The summed E-state index contributed by atoms with van der Waals surface area (Å²) in [5, 5.41) is 0. The minimum atomic E-state index is 0.679. The summed E-state index contributed by atoms with van der Waals surface area (Å²) >= 11 is 1.70. The first-order valence-electron chi connectivity index (χ1n) is 7.86. The summed E-state index contributed by atoms with van der Waals surface area (Å²) in [5.74, 6) is 0.679. The zero-order valence-corrected chi connectivity index (χ0v) is 14.4. The second-order valence-corrected chi connectivity index (χ2v) is 6.58. The molecule has 2 nitrogen and oxygen atoms in total. The highest BCUT2D eigenvalue weighted by atomic mass is 32.2. The first-order valence-corrected chi connectivity index (χ1v) is 9.09. The lowest BCUT2D eigenvalue weighted by atomic mass is 9.96. The lowest BCUT2D eigenvalue weighted by Gasteiger charge is -2.09.